The molecule has 5 nitrogen and oxygen atoms in total. The lowest BCUT2D eigenvalue weighted by Gasteiger charge is -2.18. The molecule has 5 heteroatoms. The molecule has 3 rings (SSSR count). The SMILES string of the molecule is O=C(CC(=O)c1ccco1)c1ccc2c(c1)OCCO2. The molecule has 0 N–H and O–H groups in total. The number of benzene rings is 1. The van der Waals surface area contributed by atoms with Gasteiger partial charge in [0.1, 0.15) is 13.2 Å². The molecule has 0 spiro atoms. The van der Waals surface area contributed by atoms with Gasteiger partial charge in [-0.1, -0.05) is 0 Å². The lowest BCUT2D eigenvalue weighted by atomic mass is 10.0. The molecule has 0 atom stereocenters. The molecule has 20 heavy (non-hydrogen) atoms. The van der Waals surface area contributed by atoms with Crippen LogP contribution in [0.3, 0.4) is 0 Å². The normalized spacial score (nSPS) is 13.0. The monoisotopic (exact) mass is 272 g/mol. The van der Waals surface area contributed by atoms with E-state index in [0.29, 0.717) is 30.3 Å². The van der Waals surface area contributed by atoms with Crippen molar-refractivity contribution in [2.24, 2.45) is 0 Å². The Morgan fingerprint density at radius 2 is 1.80 bits per heavy atom. The van der Waals surface area contributed by atoms with Crippen LogP contribution in [0.2, 0.25) is 0 Å². The Labute approximate surface area is 115 Å². The Morgan fingerprint density at radius 3 is 2.55 bits per heavy atom. The van der Waals surface area contributed by atoms with Gasteiger partial charge < -0.3 is 13.9 Å². The highest BCUT2D eigenvalue weighted by atomic mass is 16.6. The van der Waals surface area contributed by atoms with E-state index in [1.807, 2.05) is 0 Å². The molecular formula is C15H12O5. The number of carbonyl (C=O) groups excluding carboxylic acids is 2. The van der Waals surface area contributed by atoms with Crippen molar-refractivity contribution in [3.05, 3.63) is 47.9 Å². The van der Waals surface area contributed by atoms with Crippen molar-refractivity contribution in [2.45, 2.75) is 6.42 Å². The Hall–Kier alpha value is -2.56. The van der Waals surface area contributed by atoms with Crippen LogP contribution in [0.1, 0.15) is 27.3 Å². The van der Waals surface area contributed by atoms with Gasteiger partial charge in [0.25, 0.3) is 0 Å². The van der Waals surface area contributed by atoms with Gasteiger partial charge in [-0.2, -0.15) is 0 Å². The van der Waals surface area contributed by atoms with Gasteiger partial charge in [0.15, 0.2) is 23.0 Å². The summed E-state index contributed by atoms with van der Waals surface area (Å²) in [6, 6.07) is 8.07. The van der Waals surface area contributed by atoms with Crippen LogP contribution in [0.5, 0.6) is 11.5 Å². The first-order chi connectivity index (χ1) is 9.74. The zero-order valence-electron chi connectivity index (χ0n) is 10.6. The van der Waals surface area contributed by atoms with E-state index in [-0.39, 0.29) is 23.7 Å². The fourth-order valence-corrected chi connectivity index (χ4v) is 1.99. The number of carbonyl (C=O) groups is 2. The van der Waals surface area contributed by atoms with Crippen molar-refractivity contribution in [2.75, 3.05) is 13.2 Å². The molecule has 2 aromatic rings. The molecule has 0 fully saturated rings. The zero-order chi connectivity index (χ0) is 13.9. The van der Waals surface area contributed by atoms with E-state index in [9.17, 15) is 9.59 Å². The van der Waals surface area contributed by atoms with E-state index in [2.05, 4.69) is 0 Å². The molecule has 0 bridgehead atoms. The van der Waals surface area contributed by atoms with Gasteiger partial charge in [-0.05, 0) is 30.3 Å². The molecule has 1 aliphatic heterocycles. The van der Waals surface area contributed by atoms with E-state index in [1.54, 1.807) is 30.3 Å². The molecular weight excluding hydrogens is 260 g/mol. The molecule has 0 aliphatic carbocycles. The number of furan rings is 1. The van der Waals surface area contributed by atoms with Crippen LogP contribution < -0.4 is 9.47 Å². The predicted octanol–water partition coefficient (Wildman–Crippen LogP) is 2.51. The first kappa shape index (κ1) is 12.5. The van der Waals surface area contributed by atoms with Gasteiger partial charge in [0.2, 0.25) is 5.78 Å². The highest BCUT2D eigenvalue weighted by molar-refractivity contribution is 6.12. The maximum Gasteiger partial charge on any atom is 0.205 e. The summed E-state index contributed by atoms with van der Waals surface area (Å²) in [7, 11) is 0. The van der Waals surface area contributed by atoms with Crippen molar-refractivity contribution in [3.63, 3.8) is 0 Å². The van der Waals surface area contributed by atoms with Crippen LogP contribution in [-0.2, 0) is 0 Å². The Balaban J connectivity index is 1.76. The summed E-state index contributed by atoms with van der Waals surface area (Å²) in [6.07, 6.45) is 1.18. The van der Waals surface area contributed by atoms with Gasteiger partial charge >= 0.3 is 0 Å². The number of hydrogen-bond acceptors (Lipinski definition) is 5. The van der Waals surface area contributed by atoms with Crippen molar-refractivity contribution >= 4 is 11.6 Å². The van der Waals surface area contributed by atoms with Crippen LogP contribution in [0, 0.1) is 0 Å². The Morgan fingerprint density at radius 1 is 1.00 bits per heavy atom. The fourth-order valence-electron chi connectivity index (χ4n) is 1.99. The minimum atomic E-state index is -0.338. The first-order valence-corrected chi connectivity index (χ1v) is 6.23. The summed E-state index contributed by atoms with van der Waals surface area (Å²) in [5, 5.41) is 0. The van der Waals surface area contributed by atoms with Gasteiger partial charge in [0, 0.05) is 5.56 Å². The standard InChI is InChI=1S/C15H12O5/c16-11(9-12(17)13-2-1-5-18-13)10-3-4-14-15(8-10)20-7-6-19-14/h1-5,8H,6-7,9H2. The third kappa shape index (κ3) is 2.42. The van der Waals surface area contributed by atoms with Gasteiger partial charge in [-0.3, -0.25) is 9.59 Å². The maximum absolute atomic E-state index is 12.1. The minimum absolute atomic E-state index is 0.191. The van der Waals surface area contributed by atoms with E-state index in [0.717, 1.165) is 0 Å². The van der Waals surface area contributed by atoms with Crippen molar-refractivity contribution in [1.29, 1.82) is 0 Å². The first-order valence-electron chi connectivity index (χ1n) is 6.23. The number of ketones is 2. The second-order valence-corrected chi connectivity index (χ2v) is 4.36. The molecule has 0 saturated carbocycles. The van der Waals surface area contributed by atoms with E-state index in [1.165, 1.54) is 6.26 Å². The maximum atomic E-state index is 12.1. The molecule has 1 aromatic heterocycles. The van der Waals surface area contributed by atoms with Gasteiger partial charge in [-0.25, -0.2) is 0 Å². The summed E-state index contributed by atoms with van der Waals surface area (Å²) >= 11 is 0. The molecule has 1 aliphatic rings. The zero-order valence-corrected chi connectivity index (χ0v) is 10.6. The van der Waals surface area contributed by atoms with Crippen LogP contribution in [0.25, 0.3) is 0 Å². The van der Waals surface area contributed by atoms with Crippen LogP contribution in [0.15, 0.2) is 41.0 Å². The largest absolute Gasteiger partial charge is 0.486 e. The number of ether oxygens (including phenoxy) is 2. The van der Waals surface area contributed by atoms with E-state index >= 15 is 0 Å². The smallest absolute Gasteiger partial charge is 0.205 e. The average molecular weight is 272 g/mol. The average Bonchev–Trinajstić information content (AvgIpc) is 3.01. The Bertz CT molecular complexity index is 642. The lowest BCUT2D eigenvalue weighted by molar-refractivity contribution is 0.0877. The number of Topliss-reactive ketones (excluding diaryl/α,β-unsaturated/α-hetero) is 2. The molecule has 0 saturated heterocycles. The fraction of sp³-hybridized carbons (Fsp3) is 0.200. The van der Waals surface area contributed by atoms with E-state index in [4.69, 9.17) is 13.9 Å². The molecule has 0 radical (unpaired) electrons. The molecule has 1 aromatic carbocycles. The second kappa shape index (κ2) is 5.21. The summed E-state index contributed by atoms with van der Waals surface area (Å²) in [5.41, 5.74) is 0.425. The molecule has 2 heterocycles. The summed E-state index contributed by atoms with van der Waals surface area (Å²) in [4.78, 5) is 23.9. The highest BCUT2D eigenvalue weighted by Gasteiger charge is 2.18. The highest BCUT2D eigenvalue weighted by Crippen LogP contribution is 2.31. The third-order valence-corrected chi connectivity index (χ3v) is 2.98. The summed E-state index contributed by atoms with van der Waals surface area (Å²) in [6.45, 7) is 0.952. The van der Waals surface area contributed by atoms with Crippen molar-refractivity contribution in [3.8, 4) is 11.5 Å². The van der Waals surface area contributed by atoms with Crippen LogP contribution >= 0.6 is 0 Å². The quantitative estimate of drug-likeness (QED) is 0.632. The van der Waals surface area contributed by atoms with Gasteiger partial charge in [-0.15, -0.1) is 0 Å². The van der Waals surface area contributed by atoms with E-state index < -0.39 is 0 Å². The Kier molecular flexibility index (Phi) is 3.25. The van der Waals surface area contributed by atoms with Crippen molar-refractivity contribution in [1.82, 2.24) is 0 Å². The third-order valence-electron chi connectivity index (χ3n) is 2.98. The summed E-state index contributed by atoms with van der Waals surface area (Å²) in [5.74, 6) is 0.729. The second-order valence-electron chi connectivity index (χ2n) is 4.36. The molecule has 0 unspecified atom stereocenters. The number of hydrogen-bond donors (Lipinski definition) is 0. The lowest BCUT2D eigenvalue weighted by Crippen LogP contribution is -2.16. The number of fused-ring (bicyclic) bond motifs is 1. The minimum Gasteiger partial charge on any atom is -0.486 e. The molecule has 0 amide bonds. The summed E-state index contributed by atoms with van der Waals surface area (Å²) < 4.78 is 15.8. The number of rotatable bonds is 4. The molecule has 102 valence electrons. The van der Waals surface area contributed by atoms with Crippen molar-refractivity contribution < 1.29 is 23.5 Å². The van der Waals surface area contributed by atoms with Crippen LogP contribution in [-0.4, -0.2) is 24.8 Å². The predicted molar refractivity (Wildman–Crippen MR) is 69.4 cm³/mol. The van der Waals surface area contributed by atoms with Crippen LogP contribution in [0.4, 0.5) is 0 Å². The van der Waals surface area contributed by atoms with Gasteiger partial charge in [0.05, 0.1) is 12.7 Å². The topological polar surface area (TPSA) is 65.7 Å².